The molecule has 29 heavy (non-hydrogen) atoms. The van der Waals surface area contributed by atoms with Gasteiger partial charge in [0.25, 0.3) is 17.4 Å². The zero-order chi connectivity index (χ0) is 20.2. The van der Waals surface area contributed by atoms with Gasteiger partial charge in [-0.05, 0) is 36.2 Å². The Morgan fingerprint density at radius 3 is 2.07 bits per heavy atom. The highest BCUT2D eigenvalue weighted by Gasteiger charge is 2.34. The Labute approximate surface area is 168 Å². The van der Waals surface area contributed by atoms with E-state index in [1.54, 1.807) is 47.2 Å². The monoisotopic (exact) mass is 388 g/mol. The molecule has 0 atom stereocenters. The molecular formula is C23H20N2O4. The van der Waals surface area contributed by atoms with E-state index >= 15 is 0 Å². The highest BCUT2D eigenvalue weighted by atomic mass is 16.5. The molecule has 0 fully saturated rings. The summed E-state index contributed by atoms with van der Waals surface area (Å²) in [4.78, 5) is 38.7. The Bertz CT molecular complexity index is 1070. The number of carbonyl (C=O) groups is 2. The second kappa shape index (κ2) is 8.14. The number of aryl methyl sites for hydroxylation is 1. The summed E-state index contributed by atoms with van der Waals surface area (Å²) in [5.41, 5.74) is 1.62. The van der Waals surface area contributed by atoms with Crippen LogP contribution in [-0.2, 0) is 13.2 Å². The molecule has 6 heteroatoms. The van der Waals surface area contributed by atoms with Crippen LogP contribution in [0.4, 0.5) is 0 Å². The number of aromatic nitrogens is 1. The molecule has 6 nitrogen and oxygen atoms in total. The van der Waals surface area contributed by atoms with Crippen LogP contribution in [0.1, 0.15) is 32.7 Å². The van der Waals surface area contributed by atoms with E-state index < -0.39 is 0 Å². The molecule has 0 saturated carbocycles. The molecule has 0 N–H and O–H groups in total. The number of rotatable bonds is 7. The van der Waals surface area contributed by atoms with E-state index in [-0.39, 0.29) is 29.7 Å². The van der Waals surface area contributed by atoms with E-state index in [1.807, 2.05) is 30.3 Å². The summed E-state index contributed by atoms with van der Waals surface area (Å²) in [5.74, 6) is -0.284. The first-order chi connectivity index (χ1) is 14.1. The number of amides is 2. The molecule has 2 heterocycles. The van der Waals surface area contributed by atoms with Crippen molar-refractivity contribution in [2.45, 2.75) is 19.6 Å². The maximum absolute atomic E-state index is 12.6. The van der Waals surface area contributed by atoms with Crippen LogP contribution in [-0.4, -0.2) is 27.8 Å². The number of ether oxygens (including phenoxy) is 1. The predicted octanol–water partition coefficient (Wildman–Crippen LogP) is 3.11. The van der Waals surface area contributed by atoms with Crippen LogP contribution in [0.3, 0.4) is 0 Å². The fourth-order valence-corrected chi connectivity index (χ4v) is 3.38. The molecule has 0 unspecified atom stereocenters. The smallest absolute Gasteiger partial charge is 0.292 e. The summed E-state index contributed by atoms with van der Waals surface area (Å²) in [6.07, 6.45) is 2.16. The Morgan fingerprint density at radius 1 is 0.724 bits per heavy atom. The first-order valence-corrected chi connectivity index (χ1v) is 9.46. The van der Waals surface area contributed by atoms with Gasteiger partial charge in [0, 0.05) is 19.3 Å². The minimum Gasteiger partial charge on any atom is -0.483 e. The average Bonchev–Trinajstić information content (AvgIpc) is 3.00. The number of nitrogens with zero attached hydrogens (tertiary/aromatic N) is 2. The lowest BCUT2D eigenvalue weighted by Crippen LogP contribution is -2.32. The molecule has 0 spiro atoms. The molecule has 0 bridgehead atoms. The number of fused-ring (bicyclic) bond motifs is 1. The zero-order valence-corrected chi connectivity index (χ0v) is 15.8. The van der Waals surface area contributed by atoms with Gasteiger partial charge in [-0.3, -0.25) is 19.3 Å². The van der Waals surface area contributed by atoms with Gasteiger partial charge in [0.1, 0.15) is 6.61 Å². The summed E-state index contributed by atoms with van der Waals surface area (Å²) >= 11 is 0. The molecule has 1 aliphatic rings. The number of pyridine rings is 1. The van der Waals surface area contributed by atoms with Crippen LogP contribution in [0.5, 0.6) is 5.75 Å². The summed E-state index contributed by atoms with van der Waals surface area (Å²) in [5, 5.41) is 0. The highest BCUT2D eigenvalue weighted by Crippen LogP contribution is 2.22. The van der Waals surface area contributed by atoms with Crippen molar-refractivity contribution < 1.29 is 14.3 Å². The van der Waals surface area contributed by atoms with Crippen molar-refractivity contribution in [3.63, 3.8) is 0 Å². The number of imide groups is 1. The van der Waals surface area contributed by atoms with E-state index in [4.69, 9.17) is 4.74 Å². The number of hydrogen-bond donors (Lipinski definition) is 0. The Balaban J connectivity index is 1.38. The Morgan fingerprint density at radius 2 is 1.38 bits per heavy atom. The third kappa shape index (κ3) is 3.82. The first-order valence-electron chi connectivity index (χ1n) is 9.46. The number of benzene rings is 2. The highest BCUT2D eigenvalue weighted by molar-refractivity contribution is 6.21. The molecule has 1 aromatic heterocycles. The van der Waals surface area contributed by atoms with Gasteiger partial charge < -0.3 is 9.30 Å². The summed E-state index contributed by atoms with van der Waals surface area (Å²) in [6.45, 7) is 0.956. The van der Waals surface area contributed by atoms with Gasteiger partial charge in [-0.2, -0.15) is 0 Å². The summed E-state index contributed by atoms with van der Waals surface area (Å²) < 4.78 is 7.21. The van der Waals surface area contributed by atoms with Crippen molar-refractivity contribution in [1.29, 1.82) is 0 Å². The van der Waals surface area contributed by atoms with Gasteiger partial charge in [0.05, 0.1) is 11.1 Å². The minimum atomic E-state index is -0.280. The SMILES string of the molecule is O=C1c2ccccc2C(=O)N1CCCn1cccc(OCc2ccccc2)c1=O. The second-order valence-electron chi connectivity index (χ2n) is 6.81. The van der Waals surface area contributed by atoms with Gasteiger partial charge in [-0.15, -0.1) is 0 Å². The van der Waals surface area contributed by atoms with Crippen molar-refractivity contribution in [1.82, 2.24) is 9.47 Å². The first kappa shape index (κ1) is 18.7. The normalized spacial score (nSPS) is 12.9. The van der Waals surface area contributed by atoms with Gasteiger partial charge in [-0.25, -0.2) is 0 Å². The summed E-state index contributed by atoms with van der Waals surface area (Å²) in [6, 6.07) is 19.8. The van der Waals surface area contributed by atoms with Crippen LogP contribution >= 0.6 is 0 Å². The van der Waals surface area contributed by atoms with E-state index in [2.05, 4.69) is 0 Å². The zero-order valence-electron chi connectivity index (χ0n) is 15.8. The topological polar surface area (TPSA) is 68.6 Å². The van der Waals surface area contributed by atoms with E-state index in [9.17, 15) is 14.4 Å². The minimum absolute atomic E-state index is 0.231. The quantitative estimate of drug-likeness (QED) is 0.583. The lowest BCUT2D eigenvalue weighted by atomic mass is 10.1. The van der Waals surface area contributed by atoms with Gasteiger partial charge in [-0.1, -0.05) is 42.5 Å². The van der Waals surface area contributed by atoms with Crippen LogP contribution in [0.2, 0.25) is 0 Å². The number of carbonyl (C=O) groups excluding carboxylic acids is 2. The van der Waals surface area contributed by atoms with Crippen molar-refractivity contribution in [2.75, 3.05) is 6.54 Å². The molecule has 4 rings (SSSR count). The molecule has 2 aromatic carbocycles. The van der Waals surface area contributed by atoms with Crippen molar-refractivity contribution in [2.24, 2.45) is 0 Å². The lowest BCUT2D eigenvalue weighted by Gasteiger charge is -2.14. The fourth-order valence-electron chi connectivity index (χ4n) is 3.38. The molecule has 0 aliphatic carbocycles. The summed E-state index contributed by atoms with van der Waals surface area (Å²) in [7, 11) is 0. The Hall–Kier alpha value is -3.67. The molecule has 146 valence electrons. The molecule has 0 saturated heterocycles. The molecule has 2 amide bonds. The third-order valence-electron chi connectivity index (χ3n) is 4.88. The van der Waals surface area contributed by atoms with E-state index in [0.29, 0.717) is 30.7 Å². The van der Waals surface area contributed by atoms with Gasteiger partial charge in [0.15, 0.2) is 5.75 Å². The lowest BCUT2D eigenvalue weighted by molar-refractivity contribution is 0.0650. The Kier molecular flexibility index (Phi) is 5.24. The molecule has 1 aliphatic heterocycles. The van der Waals surface area contributed by atoms with Crippen LogP contribution in [0.15, 0.2) is 77.7 Å². The van der Waals surface area contributed by atoms with Crippen molar-refractivity contribution >= 4 is 11.8 Å². The van der Waals surface area contributed by atoms with Crippen LogP contribution in [0, 0.1) is 0 Å². The predicted molar refractivity (Wildman–Crippen MR) is 108 cm³/mol. The maximum atomic E-state index is 12.6. The average molecular weight is 388 g/mol. The van der Waals surface area contributed by atoms with Crippen molar-refractivity contribution in [3.8, 4) is 5.75 Å². The molecule has 3 aromatic rings. The van der Waals surface area contributed by atoms with E-state index in [0.717, 1.165) is 5.56 Å². The number of hydrogen-bond acceptors (Lipinski definition) is 4. The van der Waals surface area contributed by atoms with E-state index in [1.165, 1.54) is 4.90 Å². The van der Waals surface area contributed by atoms with Gasteiger partial charge in [0.2, 0.25) is 0 Å². The van der Waals surface area contributed by atoms with Crippen molar-refractivity contribution in [3.05, 3.63) is 100.0 Å². The standard InChI is InChI=1S/C23H20N2O4/c26-21-18-10-4-5-11-19(18)22(27)25(21)15-7-14-24-13-6-12-20(23(24)28)29-16-17-8-2-1-3-9-17/h1-6,8-13H,7,14-16H2. The maximum Gasteiger partial charge on any atom is 0.292 e. The molecular weight excluding hydrogens is 368 g/mol. The second-order valence-corrected chi connectivity index (χ2v) is 6.81. The molecule has 0 radical (unpaired) electrons. The van der Waals surface area contributed by atoms with Crippen LogP contribution in [0.25, 0.3) is 0 Å². The third-order valence-corrected chi connectivity index (χ3v) is 4.88. The van der Waals surface area contributed by atoms with Gasteiger partial charge >= 0.3 is 0 Å². The van der Waals surface area contributed by atoms with Crippen LogP contribution < -0.4 is 10.3 Å². The fraction of sp³-hybridized carbons (Fsp3) is 0.174. The largest absolute Gasteiger partial charge is 0.483 e.